The highest BCUT2D eigenvalue weighted by Gasteiger charge is 2.20. The molecule has 78 valence electrons. The molecule has 0 aromatic carbocycles. The Morgan fingerprint density at radius 1 is 1.46 bits per heavy atom. The molecule has 0 aliphatic carbocycles. The van der Waals surface area contributed by atoms with Crippen LogP contribution in [0.2, 0.25) is 0 Å². The van der Waals surface area contributed by atoms with E-state index in [2.05, 4.69) is 20.8 Å². The van der Waals surface area contributed by atoms with Crippen molar-refractivity contribution in [2.24, 2.45) is 11.1 Å². The summed E-state index contributed by atoms with van der Waals surface area (Å²) in [4.78, 5) is 13.3. The number of nitrogens with two attached hydrogens (primary N) is 1. The highest BCUT2D eigenvalue weighted by atomic mass is 16.2. The number of amides is 1. The van der Waals surface area contributed by atoms with Crippen LogP contribution in [0.1, 0.15) is 34.1 Å². The SMILES string of the molecule is CCC(N)C(=O)N(C)CC(C)(C)C. The molecule has 0 spiro atoms. The van der Waals surface area contributed by atoms with Crippen LogP contribution in [0.3, 0.4) is 0 Å². The van der Waals surface area contributed by atoms with Gasteiger partial charge in [-0.2, -0.15) is 0 Å². The Balaban J connectivity index is 4.12. The van der Waals surface area contributed by atoms with E-state index in [9.17, 15) is 4.79 Å². The molecular weight excluding hydrogens is 164 g/mol. The molecular formula is C10H22N2O. The summed E-state index contributed by atoms with van der Waals surface area (Å²) in [5.74, 6) is 0.0393. The fraction of sp³-hybridized carbons (Fsp3) is 0.900. The van der Waals surface area contributed by atoms with Gasteiger partial charge in [0.2, 0.25) is 5.91 Å². The van der Waals surface area contributed by atoms with Crippen LogP contribution >= 0.6 is 0 Å². The minimum Gasteiger partial charge on any atom is -0.344 e. The van der Waals surface area contributed by atoms with Gasteiger partial charge in [-0.05, 0) is 11.8 Å². The van der Waals surface area contributed by atoms with Crippen molar-refractivity contribution in [3.05, 3.63) is 0 Å². The lowest BCUT2D eigenvalue weighted by Gasteiger charge is -2.28. The third-order valence-electron chi connectivity index (χ3n) is 1.84. The normalized spacial score (nSPS) is 14.0. The van der Waals surface area contributed by atoms with Crippen LogP contribution in [-0.4, -0.2) is 30.4 Å². The predicted octanol–water partition coefficient (Wildman–Crippen LogP) is 1.23. The summed E-state index contributed by atoms with van der Waals surface area (Å²) in [6, 6.07) is -0.340. The molecule has 0 saturated heterocycles. The maximum Gasteiger partial charge on any atom is 0.239 e. The summed E-state index contributed by atoms with van der Waals surface area (Å²) in [5.41, 5.74) is 5.78. The number of hydrogen-bond donors (Lipinski definition) is 1. The van der Waals surface area contributed by atoms with Crippen molar-refractivity contribution in [3.8, 4) is 0 Å². The zero-order chi connectivity index (χ0) is 10.6. The summed E-state index contributed by atoms with van der Waals surface area (Å²) in [6.45, 7) is 8.99. The van der Waals surface area contributed by atoms with Gasteiger partial charge in [-0.1, -0.05) is 27.7 Å². The molecule has 0 rings (SSSR count). The Morgan fingerprint density at radius 2 is 1.92 bits per heavy atom. The van der Waals surface area contributed by atoms with Gasteiger partial charge in [-0.3, -0.25) is 4.79 Å². The van der Waals surface area contributed by atoms with Crippen LogP contribution in [0.15, 0.2) is 0 Å². The Hall–Kier alpha value is -0.570. The molecule has 0 aliphatic heterocycles. The summed E-state index contributed by atoms with van der Waals surface area (Å²) in [7, 11) is 1.81. The van der Waals surface area contributed by atoms with Crippen LogP contribution in [0.5, 0.6) is 0 Å². The van der Waals surface area contributed by atoms with E-state index in [0.717, 1.165) is 6.54 Å². The molecule has 3 nitrogen and oxygen atoms in total. The number of likely N-dealkylation sites (N-methyl/N-ethyl adjacent to an activating group) is 1. The van der Waals surface area contributed by atoms with Crippen LogP contribution in [-0.2, 0) is 4.79 Å². The summed E-state index contributed by atoms with van der Waals surface area (Å²) in [6.07, 6.45) is 0.702. The van der Waals surface area contributed by atoms with Crippen molar-refractivity contribution < 1.29 is 4.79 Å². The minimum atomic E-state index is -0.340. The molecule has 13 heavy (non-hydrogen) atoms. The molecule has 0 saturated carbocycles. The minimum absolute atomic E-state index is 0.0393. The Kier molecular flexibility index (Phi) is 4.40. The van der Waals surface area contributed by atoms with Gasteiger partial charge >= 0.3 is 0 Å². The topological polar surface area (TPSA) is 46.3 Å². The van der Waals surface area contributed by atoms with E-state index in [1.807, 2.05) is 14.0 Å². The molecule has 0 heterocycles. The monoisotopic (exact) mass is 186 g/mol. The highest BCUT2D eigenvalue weighted by Crippen LogP contribution is 2.14. The predicted molar refractivity (Wildman–Crippen MR) is 55.4 cm³/mol. The second kappa shape index (κ2) is 4.61. The van der Waals surface area contributed by atoms with Gasteiger partial charge in [0.05, 0.1) is 6.04 Å². The van der Waals surface area contributed by atoms with E-state index >= 15 is 0 Å². The first kappa shape index (κ1) is 12.4. The maximum atomic E-state index is 11.6. The molecule has 1 amide bonds. The first-order valence-corrected chi connectivity index (χ1v) is 4.78. The first-order valence-electron chi connectivity index (χ1n) is 4.78. The summed E-state index contributed by atoms with van der Waals surface area (Å²) >= 11 is 0. The van der Waals surface area contributed by atoms with E-state index in [1.165, 1.54) is 0 Å². The number of rotatable bonds is 3. The smallest absolute Gasteiger partial charge is 0.239 e. The average molecular weight is 186 g/mol. The van der Waals surface area contributed by atoms with E-state index in [-0.39, 0.29) is 17.4 Å². The molecule has 0 radical (unpaired) electrons. The first-order chi connectivity index (χ1) is 5.78. The zero-order valence-corrected chi connectivity index (χ0v) is 9.42. The standard InChI is InChI=1S/C10H22N2O/c1-6-8(11)9(13)12(5)7-10(2,3)4/h8H,6-7,11H2,1-5H3. The van der Waals surface area contributed by atoms with E-state index in [1.54, 1.807) is 4.90 Å². The molecule has 0 aromatic rings. The van der Waals surface area contributed by atoms with Crippen LogP contribution in [0.25, 0.3) is 0 Å². The number of carbonyl (C=O) groups is 1. The van der Waals surface area contributed by atoms with Gasteiger partial charge in [0.15, 0.2) is 0 Å². The average Bonchev–Trinajstić information content (AvgIpc) is 1.98. The molecule has 2 N–H and O–H groups in total. The molecule has 0 aromatic heterocycles. The highest BCUT2D eigenvalue weighted by molar-refractivity contribution is 5.81. The van der Waals surface area contributed by atoms with Crippen molar-refractivity contribution in [3.63, 3.8) is 0 Å². The molecule has 0 aliphatic rings. The van der Waals surface area contributed by atoms with Gasteiger partial charge in [-0.25, -0.2) is 0 Å². The number of carbonyl (C=O) groups excluding carboxylic acids is 1. The number of hydrogen-bond acceptors (Lipinski definition) is 2. The fourth-order valence-corrected chi connectivity index (χ4v) is 1.25. The van der Waals surface area contributed by atoms with E-state index in [4.69, 9.17) is 5.73 Å². The lowest BCUT2D eigenvalue weighted by molar-refractivity contribution is -0.132. The molecule has 0 bridgehead atoms. The largest absolute Gasteiger partial charge is 0.344 e. The van der Waals surface area contributed by atoms with Crippen LogP contribution in [0, 0.1) is 5.41 Å². The lowest BCUT2D eigenvalue weighted by atomic mass is 9.96. The van der Waals surface area contributed by atoms with Crippen molar-refractivity contribution >= 4 is 5.91 Å². The van der Waals surface area contributed by atoms with Crippen molar-refractivity contribution in [1.82, 2.24) is 4.90 Å². The van der Waals surface area contributed by atoms with Gasteiger partial charge < -0.3 is 10.6 Å². The second-order valence-corrected chi connectivity index (χ2v) is 4.77. The van der Waals surface area contributed by atoms with Gasteiger partial charge in [0.1, 0.15) is 0 Å². The fourth-order valence-electron chi connectivity index (χ4n) is 1.25. The molecule has 3 heteroatoms. The van der Waals surface area contributed by atoms with Crippen molar-refractivity contribution in [1.29, 1.82) is 0 Å². The Morgan fingerprint density at radius 3 is 2.23 bits per heavy atom. The quantitative estimate of drug-likeness (QED) is 0.720. The lowest BCUT2D eigenvalue weighted by Crippen LogP contribution is -2.44. The maximum absolute atomic E-state index is 11.6. The molecule has 1 unspecified atom stereocenters. The van der Waals surface area contributed by atoms with Gasteiger partial charge in [0.25, 0.3) is 0 Å². The van der Waals surface area contributed by atoms with Crippen LogP contribution in [0.4, 0.5) is 0 Å². The van der Waals surface area contributed by atoms with Crippen LogP contribution < -0.4 is 5.73 Å². The Labute approximate surface area is 81.3 Å². The van der Waals surface area contributed by atoms with E-state index in [0.29, 0.717) is 6.42 Å². The second-order valence-electron chi connectivity index (χ2n) is 4.77. The van der Waals surface area contributed by atoms with Crippen molar-refractivity contribution in [2.75, 3.05) is 13.6 Å². The summed E-state index contributed by atoms with van der Waals surface area (Å²) < 4.78 is 0. The zero-order valence-electron chi connectivity index (χ0n) is 9.42. The number of nitrogens with zero attached hydrogens (tertiary/aromatic N) is 1. The summed E-state index contributed by atoms with van der Waals surface area (Å²) in [5, 5.41) is 0. The molecule has 0 fully saturated rings. The van der Waals surface area contributed by atoms with Gasteiger partial charge in [-0.15, -0.1) is 0 Å². The third kappa shape index (κ3) is 4.88. The third-order valence-corrected chi connectivity index (χ3v) is 1.84. The van der Waals surface area contributed by atoms with E-state index < -0.39 is 0 Å². The van der Waals surface area contributed by atoms with Crippen molar-refractivity contribution in [2.45, 2.75) is 40.2 Å². The Bertz CT molecular complexity index is 172. The molecule has 1 atom stereocenters. The van der Waals surface area contributed by atoms with Gasteiger partial charge in [0, 0.05) is 13.6 Å².